The van der Waals surface area contributed by atoms with Gasteiger partial charge in [0.15, 0.2) is 0 Å². The first-order valence-electron chi connectivity index (χ1n) is 10.9. The molecule has 2 unspecified atom stereocenters. The second kappa shape index (κ2) is 9.47. The van der Waals surface area contributed by atoms with Gasteiger partial charge >= 0.3 is 5.97 Å². The highest BCUT2D eigenvalue weighted by molar-refractivity contribution is 7.89. The molecule has 1 fully saturated rings. The van der Waals surface area contributed by atoms with Gasteiger partial charge in [0.25, 0.3) is 0 Å². The second-order valence-electron chi connectivity index (χ2n) is 8.41. The lowest BCUT2D eigenvalue weighted by Crippen LogP contribution is -2.48. The van der Waals surface area contributed by atoms with Gasteiger partial charge in [0.05, 0.1) is 17.1 Å². The highest BCUT2D eigenvalue weighted by Gasteiger charge is 2.44. The van der Waals surface area contributed by atoms with E-state index >= 15 is 0 Å². The number of benzene rings is 3. The van der Waals surface area contributed by atoms with Crippen LogP contribution < -0.4 is 4.72 Å². The number of hydrogen-bond donors (Lipinski definition) is 2. The molecule has 0 amide bonds. The standard InChI is InChI=1S/C26H27NO5S/c1-3-7-23-22(16-24(32-23)21-11-6-9-18-8-4-5-10-20(18)21)25(26(28)29)27-33(30,31)19-14-12-17(2)13-15-19/h3-6,8-15,22-25,27H,1,7,16H2,2H3,(H,28,29)/t22-,23-,24?,25?/m0/s1. The van der Waals surface area contributed by atoms with E-state index in [0.717, 1.165) is 21.9 Å². The smallest absolute Gasteiger partial charge is 0.322 e. The maximum atomic E-state index is 13.0. The fraction of sp³-hybridized carbons (Fsp3) is 0.269. The molecule has 6 nitrogen and oxygen atoms in total. The van der Waals surface area contributed by atoms with E-state index in [1.54, 1.807) is 18.2 Å². The number of aryl methyl sites for hydroxylation is 1. The molecule has 0 bridgehead atoms. The SMILES string of the molecule is C=CC[C@@H]1OC(c2cccc3ccccc23)C[C@@H]1C(NS(=O)(=O)c1ccc(C)cc1)C(=O)O. The van der Waals surface area contributed by atoms with Crippen LogP contribution in [0.4, 0.5) is 0 Å². The van der Waals surface area contributed by atoms with Crippen molar-refractivity contribution in [2.24, 2.45) is 5.92 Å². The number of nitrogens with one attached hydrogen (secondary N) is 1. The zero-order valence-corrected chi connectivity index (χ0v) is 19.2. The fourth-order valence-corrected chi connectivity index (χ4v) is 5.76. The molecule has 7 heteroatoms. The predicted octanol–water partition coefficient (Wildman–Crippen LogP) is 4.60. The number of sulfonamides is 1. The van der Waals surface area contributed by atoms with E-state index in [-0.39, 0.29) is 11.0 Å². The van der Waals surface area contributed by atoms with Crippen molar-refractivity contribution in [2.75, 3.05) is 0 Å². The monoisotopic (exact) mass is 465 g/mol. The summed E-state index contributed by atoms with van der Waals surface area (Å²) in [6, 6.07) is 18.9. The van der Waals surface area contributed by atoms with Crippen molar-refractivity contribution >= 4 is 26.8 Å². The Morgan fingerprint density at radius 1 is 1.15 bits per heavy atom. The first kappa shape index (κ1) is 23.2. The zero-order chi connectivity index (χ0) is 23.6. The Morgan fingerprint density at radius 2 is 1.85 bits per heavy atom. The molecule has 0 spiro atoms. The van der Waals surface area contributed by atoms with E-state index in [2.05, 4.69) is 11.3 Å². The lowest BCUT2D eigenvalue weighted by molar-refractivity contribution is -0.141. The first-order chi connectivity index (χ1) is 15.8. The molecule has 1 aliphatic heterocycles. The molecule has 1 aliphatic rings. The zero-order valence-electron chi connectivity index (χ0n) is 18.3. The molecule has 0 aliphatic carbocycles. The van der Waals surface area contributed by atoms with E-state index < -0.39 is 34.1 Å². The van der Waals surface area contributed by atoms with Crippen molar-refractivity contribution in [3.8, 4) is 0 Å². The summed E-state index contributed by atoms with van der Waals surface area (Å²) in [6.45, 7) is 5.63. The van der Waals surface area contributed by atoms with Gasteiger partial charge in [-0.3, -0.25) is 4.79 Å². The topological polar surface area (TPSA) is 92.7 Å². The largest absolute Gasteiger partial charge is 0.480 e. The Bertz CT molecular complexity index is 1260. The van der Waals surface area contributed by atoms with Crippen LogP contribution in [0.25, 0.3) is 10.8 Å². The number of aliphatic carboxylic acids is 1. The normalized spacial score (nSPS) is 21.7. The lowest BCUT2D eigenvalue weighted by atomic mass is 9.88. The van der Waals surface area contributed by atoms with Gasteiger partial charge in [0.1, 0.15) is 6.04 Å². The minimum absolute atomic E-state index is 0.0316. The molecule has 0 saturated carbocycles. The highest BCUT2D eigenvalue weighted by atomic mass is 32.2. The molecule has 1 saturated heterocycles. The molecule has 1 heterocycles. The minimum atomic E-state index is -4.03. The van der Waals surface area contributed by atoms with E-state index in [4.69, 9.17) is 4.74 Å². The molecule has 4 rings (SSSR count). The third kappa shape index (κ3) is 4.85. The van der Waals surface area contributed by atoms with Crippen LogP contribution in [0, 0.1) is 12.8 Å². The van der Waals surface area contributed by atoms with Crippen LogP contribution in [0.5, 0.6) is 0 Å². The number of rotatable bonds is 8. The van der Waals surface area contributed by atoms with Crippen molar-refractivity contribution in [1.29, 1.82) is 0 Å². The molecule has 2 N–H and O–H groups in total. The van der Waals surface area contributed by atoms with Gasteiger partial charge in [-0.15, -0.1) is 6.58 Å². The Hall–Kier alpha value is -3.00. The minimum Gasteiger partial charge on any atom is -0.480 e. The second-order valence-corrected chi connectivity index (χ2v) is 10.1. The maximum Gasteiger partial charge on any atom is 0.322 e. The van der Waals surface area contributed by atoms with Gasteiger partial charge in [-0.2, -0.15) is 4.72 Å². The highest BCUT2D eigenvalue weighted by Crippen LogP contribution is 2.42. The summed E-state index contributed by atoms with van der Waals surface area (Å²) in [5.74, 6) is -1.79. The molecule has 0 radical (unpaired) electrons. The van der Waals surface area contributed by atoms with E-state index in [0.29, 0.717) is 12.8 Å². The van der Waals surface area contributed by atoms with Gasteiger partial charge < -0.3 is 9.84 Å². The van der Waals surface area contributed by atoms with Crippen LogP contribution in [0.3, 0.4) is 0 Å². The van der Waals surface area contributed by atoms with Gasteiger partial charge in [0.2, 0.25) is 10.0 Å². The summed E-state index contributed by atoms with van der Waals surface area (Å²) in [4.78, 5) is 12.3. The van der Waals surface area contributed by atoms with Crippen LogP contribution in [0.1, 0.15) is 30.1 Å². The molecule has 0 aromatic heterocycles. The molecule has 33 heavy (non-hydrogen) atoms. The summed E-state index contributed by atoms with van der Waals surface area (Å²) in [6.07, 6.45) is 1.64. The number of carbonyl (C=O) groups is 1. The maximum absolute atomic E-state index is 13.0. The van der Waals surface area contributed by atoms with Gasteiger partial charge in [-0.05, 0) is 48.2 Å². The van der Waals surface area contributed by atoms with Gasteiger partial charge in [-0.25, -0.2) is 8.42 Å². The van der Waals surface area contributed by atoms with Crippen molar-refractivity contribution in [2.45, 2.75) is 42.9 Å². The number of hydrogen-bond acceptors (Lipinski definition) is 4. The van der Waals surface area contributed by atoms with Crippen molar-refractivity contribution in [3.63, 3.8) is 0 Å². The van der Waals surface area contributed by atoms with Crippen LogP contribution in [0.15, 0.2) is 84.3 Å². The number of ether oxygens (including phenoxy) is 1. The molecular formula is C26H27NO5S. The summed E-state index contributed by atoms with van der Waals surface area (Å²) in [7, 11) is -4.03. The van der Waals surface area contributed by atoms with Crippen LogP contribution in [-0.2, 0) is 19.6 Å². The van der Waals surface area contributed by atoms with Gasteiger partial charge in [-0.1, -0.05) is 66.2 Å². The Morgan fingerprint density at radius 3 is 2.55 bits per heavy atom. The summed E-state index contributed by atoms with van der Waals surface area (Å²) >= 11 is 0. The molecule has 3 aromatic carbocycles. The molecular weight excluding hydrogens is 438 g/mol. The van der Waals surface area contributed by atoms with E-state index in [9.17, 15) is 18.3 Å². The Labute approximate surface area is 194 Å². The van der Waals surface area contributed by atoms with Crippen molar-refractivity contribution in [1.82, 2.24) is 4.72 Å². The first-order valence-corrected chi connectivity index (χ1v) is 12.3. The van der Waals surface area contributed by atoms with Crippen molar-refractivity contribution < 1.29 is 23.1 Å². The molecule has 4 atom stereocenters. The average molecular weight is 466 g/mol. The third-order valence-electron chi connectivity index (χ3n) is 6.18. The Kier molecular flexibility index (Phi) is 6.65. The fourth-order valence-electron chi connectivity index (χ4n) is 4.52. The van der Waals surface area contributed by atoms with Crippen molar-refractivity contribution in [3.05, 3.63) is 90.5 Å². The molecule has 3 aromatic rings. The quantitative estimate of drug-likeness (QED) is 0.474. The average Bonchev–Trinajstić information content (AvgIpc) is 3.21. The van der Waals surface area contributed by atoms with Gasteiger partial charge in [0, 0.05) is 5.92 Å². The summed E-state index contributed by atoms with van der Waals surface area (Å²) in [5, 5.41) is 12.1. The lowest BCUT2D eigenvalue weighted by Gasteiger charge is -2.24. The third-order valence-corrected chi connectivity index (χ3v) is 7.64. The number of carboxylic acid groups (broad SMARTS) is 1. The van der Waals surface area contributed by atoms with E-state index in [1.807, 2.05) is 49.4 Å². The Balaban J connectivity index is 1.66. The number of carboxylic acids is 1. The van der Waals surface area contributed by atoms with Crippen LogP contribution in [0.2, 0.25) is 0 Å². The summed E-state index contributed by atoms with van der Waals surface area (Å²) in [5.41, 5.74) is 1.88. The van der Waals surface area contributed by atoms with E-state index in [1.165, 1.54) is 12.1 Å². The summed E-state index contributed by atoms with van der Waals surface area (Å²) < 4.78 is 34.7. The molecule has 172 valence electrons. The number of fused-ring (bicyclic) bond motifs is 1. The predicted molar refractivity (Wildman–Crippen MR) is 127 cm³/mol. The van der Waals surface area contributed by atoms with Crippen LogP contribution in [-0.4, -0.2) is 31.6 Å². The van der Waals surface area contributed by atoms with Crippen LogP contribution >= 0.6 is 0 Å².